The number of anilines is 2. The van der Waals surface area contributed by atoms with E-state index in [9.17, 15) is 19.7 Å². The third kappa shape index (κ3) is 5.93. The average Bonchev–Trinajstić information content (AvgIpc) is 3.22. The normalized spacial score (nSPS) is 10.2. The van der Waals surface area contributed by atoms with E-state index < -0.39 is 4.92 Å². The van der Waals surface area contributed by atoms with Crippen molar-refractivity contribution in [1.29, 1.82) is 0 Å². The van der Waals surface area contributed by atoms with Gasteiger partial charge >= 0.3 is 6.03 Å². The highest BCUT2D eigenvalue weighted by atomic mass is 16.6. The van der Waals surface area contributed by atoms with E-state index in [1.807, 2.05) is 0 Å². The lowest BCUT2D eigenvalue weighted by Crippen LogP contribution is -2.27. The predicted octanol–water partition coefficient (Wildman–Crippen LogP) is 3.69. The standard InChI is InChI=1S/C20H18N4O5/c25-19(12-14-3-9-17(10-4-14)24(27)28)22-15-5-7-16(8-6-15)23-20(26)21-13-18-2-1-11-29-18/h1-11H,12-13H2,(H,22,25)(H2,21,23,26). The first-order valence-corrected chi connectivity index (χ1v) is 8.70. The first kappa shape index (κ1) is 19.6. The monoisotopic (exact) mass is 394 g/mol. The Morgan fingerprint density at radius 2 is 1.59 bits per heavy atom. The molecule has 0 aliphatic rings. The Balaban J connectivity index is 1.47. The van der Waals surface area contributed by atoms with E-state index in [1.165, 1.54) is 18.4 Å². The van der Waals surface area contributed by atoms with E-state index >= 15 is 0 Å². The summed E-state index contributed by atoms with van der Waals surface area (Å²) in [4.78, 5) is 34.2. The fraction of sp³-hybridized carbons (Fsp3) is 0.100. The molecule has 0 aliphatic carbocycles. The summed E-state index contributed by atoms with van der Waals surface area (Å²) in [6, 6.07) is 15.6. The van der Waals surface area contributed by atoms with Gasteiger partial charge in [0.15, 0.2) is 0 Å². The molecule has 3 aromatic rings. The minimum atomic E-state index is -0.489. The maximum absolute atomic E-state index is 12.1. The minimum absolute atomic E-state index is 0.0227. The number of carbonyl (C=O) groups is 2. The molecule has 2 aromatic carbocycles. The van der Waals surface area contributed by atoms with Crippen LogP contribution in [0.15, 0.2) is 71.3 Å². The van der Waals surface area contributed by atoms with Crippen molar-refractivity contribution in [3.8, 4) is 0 Å². The van der Waals surface area contributed by atoms with Crippen LogP contribution in [0, 0.1) is 10.1 Å². The number of nitro groups is 1. The van der Waals surface area contributed by atoms with Gasteiger partial charge in [0.1, 0.15) is 5.76 Å². The summed E-state index contributed by atoms with van der Waals surface area (Å²) in [5, 5.41) is 18.7. The van der Waals surface area contributed by atoms with Crippen molar-refractivity contribution in [3.63, 3.8) is 0 Å². The quantitative estimate of drug-likeness (QED) is 0.416. The Morgan fingerprint density at radius 3 is 2.17 bits per heavy atom. The van der Waals surface area contributed by atoms with Crippen LogP contribution in [0.5, 0.6) is 0 Å². The topological polar surface area (TPSA) is 127 Å². The number of hydrogen-bond donors (Lipinski definition) is 3. The van der Waals surface area contributed by atoms with Crippen LogP contribution in [-0.2, 0) is 17.8 Å². The van der Waals surface area contributed by atoms with Crippen molar-refractivity contribution in [1.82, 2.24) is 5.32 Å². The molecule has 0 spiro atoms. The largest absolute Gasteiger partial charge is 0.467 e. The van der Waals surface area contributed by atoms with Gasteiger partial charge in [0, 0.05) is 23.5 Å². The molecular weight excluding hydrogens is 376 g/mol. The van der Waals surface area contributed by atoms with Gasteiger partial charge in [-0.15, -0.1) is 0 Å². The lowest BCUT2D eigenvalue weighted by atomic mass is 10.1. The highest BCUT2D eigenvalue weighted by Crippen LogP contribution is 2.15. The third-order valence-electron chi connectivity index (χ3n) is 3.94. The second-order valence-electron chi connectivity index (χ2n) is 6.11. The fourth-order valence-electron chi connectivity index (χ4n) is 2.52. The summed E-state index contributed by atoms with van der Waals surface area (Å²) in [6.07, 6.45) is 1.62. The van der Waals surface area contributed by atoms with E-state index in [1.54, 1.807) is 48.5 Å². The number of urea groups is 1. The van der Waals surface area contributed by atoms with Gasteiger partial charge in [0.25, 0.3) is 5.69 Å². The predicted molar refractivity (Wildman–Crippen MR) is 106 cm³/mol. The van der Waals surface area contributed by atoms with E-state index in [2.05, 4.69) is 16.0 Å². The van der Waals surface area contributed by atoms with Gasteiger partial charge in [-0.25, -0.2) is 4.79 Å². The lowest BCUT2D eigenvalue weighted by molar-refractivity contribution is -0.384. The number of furan rings is 1. The molecule has 1 aromatic heterocycles. The number of nitrogens with one attached hydrogen (secondary N) is 3. The summed E-state index contributed by atoms with van der Waals surface area (Å²) in [7, 11) is 0. The van der Waals surface area contributed by atoms with Crippen LogP contribution in [0.25, 0.3) is 0 Å². The molecule has 0 saturated heterocycles. The molecule has 3 rings (SSSR count). The molecule has 0 bridgehead atoms. The summed E-state index contributed by atoms with van der Waals surface area (Å²) in [5.41, 5.74) is 1.78. The summed E-state index contributed by atoms with van der Waals surface area (Å²) in [5.74, 6) is 0.391. The third-order valence-corrected chi connectivity index (χ3v) is 3.94. The highest BCUT2D eigenvalue weighted by molar-refractivity contribution is 5.93. The molecule has 0 fully saturated rings. The number of amides is 3. The molecule has 9 heteroatoms. The van der Waals surface area contributed by atoms with Crippen molar-refractivity contribution in [2.75, 3.05) is 10.6 Å². The molecule has 1 heterocycles. The first-order chi connectivity index (χ1) is 14.0. The number of carbonyl (C=O) groups excluding carboxylic acids is 2. The van der Waals surface area contributed by atoms with E-state index in [0.717, 1.165) is 0 Å². The molecule has 0 radical (unpaired) electrons. The number of non-ortho nitro benzene ring substituents is 1. The van der Waals surface area contributed by atoms with Gasteiger partial charge in [-0.1, -0.05) is 12.1 Å². The molecule has 0 aliphatic heterocycles. The van der Waals surface area contributed by atoms with Crippen LogP contribution in [0.3, 0.4) is 0 Å². The highest BCUT2D eigenvalue weighted by Gasteiger charge is 2.08. The lowest BCUT2D eigenvalue weighted by Gasteiger charge is -2.09. The molecule has 0 saturated carbocycles. The number of rotatable bonds is 7. The Bertz CT molecular complexity index is 983. The van der Waals surface area contributed by atoms with Crippen molar-refractivity contribution in [2.45, 2.75) is 13.0 Å². The van der Waals surface area contributed by atoms with Gasteiger partial charge in [-0.05, 0) is 42.0 Å². The van der Waals surface area contributed by atoms with Crippen LogP contribution in [0.4, 0.5) is 21.9 Å². The fourth-order valence-corrected chi connectivity index (χ4v) is 2.52. The second kappa shape index (κ2) is 9.18. The van der Waals surface area contributed by atoms with Crippen molar-refractivity contribution in [3.05, 3.63) is 88.4 Å². The van der Waals surface area contributed by atoms with Crippen LogP contribution in [-0.4, -0.2) is 16.9 Å². The van der Waals surface area contributed by atoms with Gasteiger partial charge in [-0.2, -0.15) is 0 Å². The molecule has 148 valence electrons. The average molecular weight is 394 g/mol. The zero-order valence-corrected chi connectivity index (χ0v) is 15.3. The maximum atomic E-state index is 12.1. The molecule has 0 unspecified atom stereocenters. The van der Waals surface area contributed by atoms with Crippen LogP contribution >= 0.6 is 0 Å². The Kier molecular flexibility index (Phi) is 6.21. The van der Waals surface area contributed by atoms with E-state index in [0.29, 0.717) is 22.7 Å². The number of nitrogens with zero attached hydrogens (tertiary/aromatic N) is 1. The molecule has 9 nitrogen and oxygen atoms in total. The second-order valence-corrected chi connectivity index (χ2v) is 6.11. The number of hydrogen-bond acceptors (Lipinski definition) is 5. The maximum Gasteiger partial charge on any atom is 0.319 e. The first-order valence-electron chi connectivity index (χ1n) is 8.70. The van der Waals surface area contributed by atoms with Gasteiger partial charge in [-0.3, -0.25) is 14.9 Å². The van der Waals surface area contributed by atoms with Crippen LogP contribution in [0.2, 0.25) is 0 Å². The smallest absolute Gasteiger partial charge is 0.319 e. The van der Waals surface area contributed by atoms with Gasteiger partial charge < -0.3 is 20.4 Å². The zero-order chi connectivity index (χ0) is 20.6. The summed E-state index contributed by atoms with van der Waals surface area (Å²) >= 11 is 0. The summed E-state index contributed by atoms with van der Waals surface area (Å²) < 4.78 is 5.13. The van der Waals surface area contributed by atoms with E-state index in [4.69, 9.17) is 4.42 Å². The van der Waals surface area contributed by atoms with Crippen molar-refractivity contribution in [2.24, 2.45) is 0 Å². The molecule has 3 amide bonds. The van der Waals surface area contributed by atoms with Gasteiger partial charge in [0.05, 0.1) is 24.2 Å². The SMILES string of the molecule is O=C(Cc1ccc([N+](=O)[O-])cc1)Nc1ccc(NC(=O)NCc2ccco2)cc1. The van der Waals surface area contributed by atoms with Crippen LogP contribution in [0.1, 0.15) is 11.3 Å². The molecular formula is C20H18N4O5. The number of nitro benzene ring substituents is 1. The number of benzene rings is 2. The zero-order valence-electron chi connectivity index (χ0n) is 15.3. The molecule has 0 atom stereocenters. The Labute approximate surface area is 165 Å². The Morgan fingerprint density at radius 1 is 0.931 bits per heavy atom. The van der Waals surface area contributed by atoms with Crippen LogP contribution < -0.4 is 16.0 Å². The molecule has 3 N–H and O–H groups in total. The minimum Gasteiger partial charge on any atom is -0.467 e. The van der Waals surface area contributed by atoms with Gasteiger partial charge in [0.2, 0.25) is 5.91 Å². The summed E-state index contributed by atoms with van der Waals surface area (Å²) in [6.45, 7) is 0.273. The molecule has 29 heavy (non-hydrogen) atoms. The van der Waals surface area contributed by atoms with Crippen molar-refractivity contribution < 1.29 is 18.9 Å². The van der Waals surface area contributed by atoms with E-state index in [-0.39, 0.29) is 30.6 Å². The Hall–Kier alpha value is -4.14. The van der Waals surface area contributed by atoms with Crippen molar-refractivity contribution >= 4 is 29.0 Å².